The molecule has 5 nitrogen and oxygen atoms in total. The highest BCUT2D eigenvalue weighted by molar-refractivity contribution is 7.17. The minimum Gasteiger partial charge on any atom is -0.407 e. The summed E-state index contributed by atoms with van der Waals surface area (Å²) in [6, 6.07) is 8.97. The van der Waals surface area contributed by atoms with Crippen LogP contribution in [-0.4, -0.2) is 15.4 Å². The van der Waals surface area contributed by atoms with Gasteiger partial charge in [0.2, 0.25) is 0 Å². The number of hydrogen-bond acceptors (Lipinski definition) is 5. The van der Waals surface area contributed by atoms with Crippen LogP contribution >= 0.6 is 8.69 Å². The Balaban J connectivity index is 0.000000202. The van der Waals surface area contributed by atoms with Gasteiger partial charge in [-0.05, 0) is 17.3 Å². The van der Waals surface area contributed by atoms with Crippen molar-refractivity contribution in [2.24, 2.45) is 0 Å². The van der Waals surface area contributed by atoms with Crippen molar-refractivity contribution < 1.29 is 9.09 Å². The first-order chi connectivity index (χ1) is 8.38. The number of benzene rings is 1. The van der Waals surface area contributed by atoms with Crippen LogP contribution in [0.2, 0.25) is 0 Å². The van der Waals surface area contributed by atoms with E-state index in [2.05, 4.69) is 22.0 Å². The molecule has 0 N–H and O–H groups in total. The van der Waals surface area contributed by atoms with Gasteiger partial charge in [-0.3, -0.25) is 0 Å². The molecule has 1 aromatic heterocycles. The van der Waals surface area contributed by atoms with Crippen molar-refractivity contribution in [3.05, 3.63) is 54.9 Å². The monoisotopic (exact) mass is 247 g/mol. The van der Waals surface area contributed by atoms with Crippen molar-refractivity contribution in [3.63, 3.8) is 0 Å². The summed E-state index contributed by atoms with van der Waals surface area (Å²) in [6.45, 7) is 3.59. The topological polar surface area (TPSA) is 65.0 Å². The van der Waals surface area contributed by atoms with Crippen molar-refractivity contribution >= 4 is 14.8 Å². The van der Waals surface area contributed by atoms with Crippen LogP contribution < -0.4 is 4.52 Å². The third-order valence-corrected chi connectivity index (χ3v) is 1.95. The fourth-order valence-electron chi connectivity index (χ4n) is 0.977. The average molecular weight is 247 g/mol. The second-order valence-electron chi connectivity index (χ2n) is 2.72. The van der Waals surface area contributed by atoms with Crippen LogP contribution in [0.4, 0.5) is 0 Å². The fourth-order valence-corrected chi connectivity index (χ4v) is 1.22. The SMILES string of the molecule is C=Cc1ccccc1OP=O.c1cnnnc1. The van der Waals surface area contributed by atoms with E-state index < -0.39 is 0 Å². The maximum Gasteiger partial charge on any atom is 0.395 e. The van der Waals surface area contributed by atoms with Crippen molar-refractivity contribution in [1.29, 1.82) is 0 Å². The van der Waals surface area contributed by atoms with Crippen LogP contribution in [0.5, 0.6) is 5.75 Å². The van der Waals surface area contributed by atoms with Gasteiger partial charge >= 0.3 is 8.69 Å². The molecular weight excluding hydrogens is 237 g/mol. The minimum absolute atomic E-state index is 0.338. The van der Waals surface area contributed by atoms with E-state index in [-0.39, 0.29) is 8.69 Å². The van der Waals surface area contributed by atoms with E-state index in [0.717, 1.165) is 5.56 Å². The number of rotatable bonds is 3. The smallest absolute Gasteiger partial charge is 0.395 e. The number of nitrogens with zero attached hydrogens (tertiary/aromatic N) is 3. The number of hydrogen-bond donors (Lipinski definition) is 0. The van der Waals surface area contributed by atoms with Crippen LogP contribution in [0, 0.1) is 0 Å². The third kappa shape index (κ3) is 4.95. The van der Waals surface area contributed by atoms with Crippen molar-refractivity contribution in [1.82, 2.24) is 15.4 Å². The van der Waals surface area contributed by atoms with Gasteiger partial charge in [0.15, 0.2) is 0 Å². The first-order valence-electron chi connectivity index (χ1n) is 4.68. The second-order valence-corrected chi connectivity index (χ2v) is 3.05. The van der Waals surface area contributed by atoms with E-state index in [9.17, 15) is 4.57 Å². The minimum atomic E-state index is -0.338. The molecule has 2 aromatic rings. The quantitative estimate of drug-likeness (QED) is 0.780. The molecular formula is C11H10N3O2P. The van der Waals surface area contributed by atoms with Gasteiger partial charge in [-0.2, -0.15) is 0 Å². The van der Waals surface area contributed by atoms with Gasteiger partial charge in [0.1, 0.15) is 5.75 Å². The van der Waals surface area contributed by atoms with Crippen molar-refractivity contribution in [3.8, 4) is 5.75 Å². The summed E-state index contributed by atoms with van der Waals surface area (Å²) in [5, 5.41) is 10.1. The van der Waals surface area contributed by atoms with Crippen LogP contribution in [0.25, 0.3) is 6.08 Å². The standard InChI is InChI=1S/C8H7O2P.C3H3N3/c1-2-7-5-3-4-6-8(7)10-11-9;1-2-4-6-5-3-1/h2-6H,1H2;1-3H. The first-order valence-corrected chi connectivity index (χ1v) is 5.41. The van der Waals surface area contributed by atoms with E-state index in [4.69, 9.17) is 4.52 Å². The summed E-state index contributed by atoms with van der Waals surface area (Å²) in [5.74, 6) is 0.583. The Hall–Kier alpha value is -2.13. The molecule has 0 radical (unpaired) electrons. The van der Waals surface area contributed by atoms with E-state index in [1.54, 1.807) is 30.6 Å². The molecule has 0 aliphatic heterocycles. The molecule has 17 heavy (non-hydrogen) atoms. The molecule has 0 aliphatic rings. The van der Waals surface area contributed by atoms with E-state index in [0.29, 0.717) is 5.75 Å². The lowest BCUT2D eigenvalue weighted by molar-refractivity contribution is 0.524. The lowest BCUT2D eigenvalue weighted by Crippen LogP contribution is -1.78. The predicted molar refractivity (Wildman–Crippen MR) is 64.6 cm³/mol. The summed E-state index contributed by atoms with van der Waals surface area (Å²) < 4.78 is 14.9. The van der Waals surface area contributed by atoms with E-state index >= 15 is 0 Å². The lowest BCUT2D eigenvalue weighted by atomic mass is 10.2. The Morgan fingerprint density at radius 1 is 1.18 bits per heavy atom. The average Bonchev–Trinajstić information content (AvgIpc) is 2.42. The maximum absolute atomic E-state index is 10.1. The molecule has 0 spiro atoms. The van der Waals surface area contributed by atoms with Gasteiger partial charge in [0.05, 0.1) is 12.4 Å². The summed E-state index contributed by atoms with van der Waals surface area (Å²) in [7, 11) is -0.338. The van der Waals surface area contributed by atoms with Crippen molar-refractivity contribution in [2.45, 2.75) is 0 Å². The molecule has 0 aliphatic carbocycles. The molecule has 86 valence electrons. The molecule has 0 amide bonds. The zero-order chi connectivity index (χ0) is 12.3. The maximum atomic E-state index is 10.1. The zero-order valence-corrected chi connectivity index (χ0v) is 9.83. The predicted octanol–water partition coefficient (Wildman–Crippen LogP) is 2.79. The van der Waals surface area contributed by atoms with Crippen LogP contribution in [0.3, 0.4) is 0 Å². The van der Waals surface area contributed by atoms with Gasteiger partial charge in [0, 0.05) is 5.56 Å². The van der Waals surface area contributed by atoms with Crippen molar-refractivity contribution in [2.75, 3.05) is 0 Å². The van der Waals surface area contributed by atoms with Crippen LogP contribution in [0.15, 0.2) is 49.3 Å². The van der Waals surface area contributed by atoms with Gasteiger partial charge in [-0.1, -0.05) is 30.9 Å². The molecule has 0 unspecified atom stereocenters. The van der Waals surface area contributed by atoms with Gasteiger partial charge in [-0.25, -0.2) is 4.57 Å². The highest BCUT2D eigenvalue weighted by Gasteiger charge is 1.96. The first kappa shape index (κ1) is 12.9. The summed E-state index contributed by atoms with van der Waals surface area (Å²) in [4.78, 5) is 0. The van der Waals surface area contributed by atoms with Gasteiger partial charge in [0.25, 0.3) is 0 Å². The summed E-state index contributed by atoms with van der Waals surface area (Å²) in [6.07, 6.45) is 4.81. The van der Waals surface area contributed by atoms with E-state index in [1.807, 2.05) is 18.2 Å². The molecule has 6 heteroatoms. The van der Waals surface area contributed by atoms with Crippen LogP contribution in [0.1, 0.15) is 5.56 Å². The third-order valence-electron chi connectivity index (χ3n) is 1.68. The normalized spacial score (nSPS) is 8.94. The lowest BCUT2D eigenvalue weighted by Gasteiger charge is -1.99. The van der Waals surface area contributed by atoms with E-state index in [1.165, 1.54) is 0 Å². The molecule has 0 atom stereocenters. The Labute approximate surface area is 100 Å². The number of para-hydroxylation sites is 1. The highest BCUT2D eigenvalue weighted by Crippen LogP contribution is 2.21. The molecule has 1 aromatic carbocycles. The Kier molecular flexibility index (Phi) is 6.14. The molecule has 2 rings (SSSR count). The summed E-state index contributed by atoms with van der Waals surface area (Å²) >= 11 is 0. The fraction of sp³-hybridized carbons (Fsp3) is 0. The Bertz CT molecular complexity index is 439. The largest absolute Gasteiger partial charge is 0.407 e. The van der Waals surface area contributed by atoms with Gasteiger partial charge < -0.3 is 4.52 Å². The Morgan fingerprint density at radius 3 is 2.35 bits per heavy atom. The second kappa shape index (κ2) is 8.07. The highest BCUT2D eigenvalue weighted by atomic mass is 31.1. The Morgan fingerprint density at radius 2 is 1.88 bits per heavy atom. The molecule has 0 saturated carbocycles. The molecule has 0 bridgehead atoms. The zero-order valence-electron chi connectivity index (χ0n) is 8.93. The molecule has 0 fully saturated rings. The molecule has 0 saturated heterocycles. The summed E-state index contributed by atoms with van der Waals surface area (Å²) in [5.41, 5.74) is 0.843. The molecule has 1 heterocycles. The van der Waals surface area contributed by atoms with Gasteiger partial charge in [-0.15, -0.1) is 10.2 Å². The number of aromatic nitrogens is 3. The van der Waals surface area contributed by atoms with Crippen LogP contribution in [-0.2, 0) is 4.57 Å².